The number of rotatable bonds is 3. The molecular weight excluding hydrogens is 458 g/mol. The topological polar surface area (TPSA) is 88.2 Å². The Kier molecular flexibility index (Phi) is 9.00. The van der Waals surface area contributed by atoms with Crippen LogP contribution in [-0.2, 0) is 25.6 Å². The molecule has 2 aromatic rings. The molecule has 1 aliphatic rings. The molecule has 0 bridgehead atoms. The molecule has 1 aliphatic heterocycles. The molecule has 0 aliphatic carbocycles. The van der Waals surface area contributed by atoms with Crippen molar-refractivity contribution in [3.8, 4) is 11.5 Å². The van der Waals surface area contributed by atoms with Crippen molar-refractivity contribution in [1.82, 2.24) is 4.98 Å². The van der Waals surface area contributed by atoms with Gasteiger partial charge in [0, 0.05) is 22.4 Å². The van der Waals surface area contributed by atoms with Crippen LogP contribution in [0.25, 0.3) is 0 Å². The van der Waals surface area contributed by atoms with Gasteiger partial charge in [-0.2, -0.15) is 0 Å². The van der Waals surface area contributed by atoms with Gasteiger partial charge >= 0.3 is 5.97 Å². The minimum Gasteiger partial charge on any atom is -0.487 e. The van der Waals surface area contributed by atoms with Crippen molar-refractivity contribution >= 4 is 21.9 Å². The van der Waals surface area contributed by atoms with E-state index in [-0.39, 0.29) is 12.6 Å². The number of ether oxygens (including phenoxy) is 6. The molecule has 0 saturated heterocycles. The van der Waals surface area contributed by atoms with Crippen LogP contribution in [0.2, 0.25) is 0 Å². The highest BCUT2D eigenvalue weighted by Gasteiger charge is 2.15. The Bertz CT molecular complexity index is 824. The maximum atomic E-state index is 12.3. The highest BCUT2D eigenvalue weighted by Crippen LogP contribution is 2.34. The molecule has 0 spiro atoms. The number of carbonyl (C=O) groups is 1. The SMILES string of the molecule is Cc1c[nH]cc1C(=O)OCc1cc2c(cc1Br)OCCOCCOCCOCCO2. The Morgan fingerprint density at radius 3 is 2.07 bits per heavy atom. The third-order valence-electron chi connectivity index (χ3n) is 4.36. The first-order valence-electron chi connectivity index (χ1n) is 9.77. The van der Waals surface area contributed by atoms with Gasteiger partial charge in [0.05, 0.1) is 45.2 Å². The number of hydrogen-bond acceptors (Lipinski definition) is 7. The van der Waals surface area contributed by atoms with E-state index in [2.05, 4.69) is 20.9 Å². The summed E-state index contributed by atoms with van der Waals surface area (Å²) in [6.07, 6.45) is 3.38. The van der Waals surface area contributed by atoms with Crippen LogP contribution in [0.4, 0.5) is 0 Å². The van der Waals surface area contributed by atoms with Crippen LogP contribution >= 0.6 is 15.9 Å². The van der Waals surface area contributed by atoms with Crippen LogP contribution in [-0.4, -0.2) is 63.8 Å². The van der Waals surface area contributed by atoms with E-state index in [0.717, 1.165) is 15.6 Å². The summed E-state index contributed by atoms with van der Waals surface area (Å²) in [4.78, 5) is 15.2. The molecule has 8 nitrogen and oxygen atoms in total. The van der Waals surface area contributed by atoms with Gasteiger partial charge in [-0.1, -0.05) is 15.9 Å². The maximum Gasteiger partial charge on any atom is 0.340 e. The van der Waals surface area contributed by atoms with Crippen molar-refractivity contribution in [2.45, 2.75) is 13.5 Å². The van der Waals surface area contributed by atoms with Gasteiger partial charge in [0.1, 0.15) is 19.8 Å². The molecule has 164 valence electrons. The molecule has 0 fully saturated rings. The number of fused-ring (bicyclic) bond motifs is 1. The van der Waals surface area contributed by atoms with Gasteiger partial charge in [-0.3, -0.25) is 0 Å². The summed E-state index contributed by atoms with van der Waals surface area (Å²) >= 11 is 3.52. The highest BCUT2D eigenvalue weighted by molar-refractivity contribution is 9.10. The third kappa shape index (κ3) is 6.73. The van der Waals surface area contributed by atoms with E-state index in [1.165, 1.54) is 0 Å². The number of esters is 1. The van der Waals surface area contributed by atoms with E-state index in [4.69, 9.17) is 28.4 Å². The van der Waals surface area contributed by atoms with E-state index in [1.807, 2.05) is 13.0 Å². The summed E-state index contributed by atoms with van der Waals surface area (Å²) in [6.45, 7) is 5.56. The van der Waals surface area contributed by atoms with Crippen molar-refractivity contribution in [1.29, 1.82) is 0 Å². The van der Waals surface area contributed by atoms with E-state index in [1.54, 1.807) is 18.5 Å². The van der Waals surface area contributed by atoms with Crippen molar-refractivity contribution in [3.05, 3.63) is 45.7 Å². The van der Waals surface area contributed by atoms with Gasteiger partial charge in [0.2, 0.25) is 0 Å². The average molecular weight is 484 g/mol. The quantitative estimate of drug-likeness (QED) is 0.670. The zero-order chi connectivity index (χ0) is 21.2. The molecule has 0 amide bonds. The van der Waals surface area contributed by atoms with Crippen molar-refractivity contribution < 1.29 is 33.2 Å². The van der Waals surface area contributed by atoms with Crippen LogP contribution in [0.1, 0.15) is 21.5 Å². The first kappa shape index (κ1) is 22.6. The number of H-pyrrole nitrogens is 1. The maximum absolute atomic E-state index is 12.3. The molecule has 30 heavy (non-hydrogen) atoms. The van der Waals surface area contributed by atoms with Gasteiger partial charge in [0.25, 0.3) is 0 Å². The summed E-state index contributed by atoms with van der Waals surface area (Å²) in [5, 5.41) is 0. The standard InChI is InChI=1S/C21H26BrNO7/c1-15-12-23-13-17(15)21(24)30-14-16-10-19-20(11-18(16)22)29-9-7-27-5-3-25-2-4-26-6-8-28-19/h10-13,23H,2-9,14H2,1H3. The molecule has 1 aromatic heterocycles. The van der Waals surface area contributed by atoms with E-state index in [9.17, 15) is 4.79 Å². The minimum atomic E-state index is -0.387. The normalized spacial score (nSPS) is 16.3. The second-order valence-corrected chi connectivity index (χ2v) is 7.41. The molecule has 0 unspecified atom stereocenters. The minimum absolute atomic E-state index is 0.0949. The number of carbonyl (C=O) groups excluding carboxylic acids is 1. The van der Waals surface area contributed by atoms with E-state index in [0.29, 0.717) is 69.9 Å². The van der Waals surface area contributed by atoms with Crippen LogP contribution in [0.15, 0.2) is 29.0 Å². The third-order valence-corrected chi connectivity index (χ3v) is 5.10. The smallest absolute Gasteiger partial charge is 0.340 e. The Hall–Kier alpha value is -2.07. The molecule has 0 atom stereocenters. The lowest BCUT2D eigenvalue weighted by Gasteiger charge is -2.16. The fourth-order valence-corrected chi connectivity index (χ4v) is 3.20. The van der Waals surface area contributed by atoms with Gasteiger partial charge < -0.3 is 33.4 Å². The number of nitrogens with one attached hydrogen (secondary N) is 1. The first-order valence-corrected chi connectivity index (χ1v) is 10.6. The van der Waals surface area contributed by atoms with Gasteiger partial charge in [-0.05, 0) is 24.6 Å². The fourth-order valence-electron chi connectivity index (χ4n) is 2.76. The monoisotopic (exact) mass is 483 g/mol. The summed E-state index contributed by atoms with van der Waals surface area (Å²) < 4.78 is 34.3. The van der Waals surface area contributed by atoms with Crippen LogP contribution in [0, 0.1) is 6.92 Å². The zero-order valence-corrected chi connectivity index (χ0v) is 18.5. The summed E-state index contributed by atoms with van der Waals surface area (Å²) in [5.74, 6) is 0.742. The van der Waals surface area contributed by atoms with Crippen molar-refractivity contribution in [2.24, 2.45) is 0 Å². The second-order valence-electron chi connectivity index (χ2n) is 6.55. The Balaban J connectivity index is 1.67. The lowest BCUT2D eigenvalue weighted by atomic mass is 10.2. The van der Waals surface area contributed by atoms with Gasteiger partial charge in [-0.25, -0.2) is 4.79 Å². The summed E-state index contributed by atoms with van der Waals surface area (Å²) in [5.41, 5.74) is 2.12. The van der Waals surface area contributed by atoms with Crippen LogP contribution in [0.3, 0.4) is 0 Å². The average Bonchev–Trinajstić information content (AvgIpc) is 3.16. The predicted molar refractivity (Wildman–Crippen MR) is 112 cm³/mol. The molecule has 0 saturated carbocycles. The molecule has 2 heterocycles. The fraction of sp³-hybridized carbons (Fsp3) is 0.476. The second kappa shape index (κ2) is 11.9. The molecular formula is C21H26BrNO7. The Morgan fingerprint density at radius 2 is 1.50 bits per heavy atom. The summed E-state index contributed by atoms with van der Waals surface area (Å²) in [7, 11) is 0. The molecule has 1 aromatic carbocycles. The number of aryl methyl sites for hydroxylation is 1. The lowest BCUT2D eigenvalue weighted by molar-refractivity contribution is 0.00708. The number of halogens is 1. The van der Waals surface area contributed by atoms with Crippen molar-refractivity contribution in [3.63, 3.8) is 0 Å². The zero-order valence-electron chi connectivity index (χ0n) is 16.9. The highest BCUT2D eigenvalue weighted by atomic mass is 79.9. The molecule has 3 rings (SSSR count). The number of aromatic nitrogens is 1. The van der Waals surface area contributed by atoms with Gasteiger partial charge in [0.15, 0.2) is 11.5 Å². The molecule has 9 heteroatoms. The van der Waals surface area contributed by atoms with Crippen molar-refractivity contribution in [2.75, 3.05) is 52.9 Å². The van der Waals surface area contributed by atoms with Crippen LogP contribution < -0.4 is 9.47 Å². The molecule has 1 N–H and O–H groups in total. The first-order chi connectivity index (χ1) is 14.6. The Labute approximate surface area is 183 Å². The Morgan fingerprint density at radius 1 is 0.933 bits per heavy atom. The predicted octanol–water partition coefficient (Wildman–Crippen LogP) is 3.26. The molecule has 0 radical (unpaired) electrons. The summed E-state index contributed by atoms with van der Waals surface area (Å²) in [6, 6.07) is 3.61. The largest absolute Gasteiger partial charge is 0.487 e. The van der Waals surface area contributed by atoms with E-state index < -0.39 is 0 Å². The van der Waals surface area contributed by atoms with Crippen LogP contribution in [0.5, 0.6) is 11.5 Å². The van der Waals surface area contributed by atoms with Gasteiger partial charge in [-0.15, -0.1) is 0 Å². The number of aromatic amines is 1. The number of benzene rings is 1. The lowest BCUT2D eigenvalue weighted by Crippen LogP contribution is -2.13. The van der Waals surface area contributed by atoms with E-state index >= 15 is 0 Å². The number of hydrogen-bond donors (Lipinski definition) is 1.